The highest BCUT2D eigenvalue weighted by Crippen LogP contribution is 1.99. The first-order chi connectivity index (χ1) is 5.04. The second-order valence-corrected chi connectivity index (χ2v) is 3.23. The van der Waals surface area contributed by atoms with Gasteiger partial charge in [0.25, 0.3) is 0 Å². The van der Waals surface area contributed by atoms with E-state index < -0.39 is 0 Å². The fraction of sp³-hybridized carbons (Fsp3) is 0.600. The summed E-state index contributed by atoms with van der Waals surface area (Å²) in [6, 6.07) is 0. The molecule has 0 atom stereocenters. The van der Waals surface area contributed by atoms with Crippen LogP contribution in [0.3, 0.4) is 0 Å². The quantitative estimate of drug-likeness (QED) is 0.561. The molecule has 0 spiro atoms. The largest absolute Gasteiger partial charge is 0.378 e. The van der Waals surface area contributed by atoms with E-state index in [-0.39, 0.29) is 0 Å². The third-order valence-corrected chi connectivity index (χ3v) is 1.67. The van der Waals surface area contributed by atoms with Crippen molar-refractivity contribution >= 4 is 0 Å². The Hall–Kier alpha value is -0.720. The van der Waals surface area contributed by atoms with Gasteiger partial charge in [-0.15, -0.1) is 0 Å². The first kappa shape index (κ1) is 10.3. The van der Waals surface area contributed by atoms with Gasteiger partial charge in [0.1, 0.15) is 0 Å². The molecule has 11 heavy (non-hydrogen) atoms. The van der Waals surface area contributed by atoms with E-state index in [1.807, 2.05) is 6.92 Å². The summed E-state index contributed by atoms with van der Waals surface area (Å²) in [4.78, 5) is 2.17. The van der Waals surface area contributed by atoms with Crippen molar-refractivity contribution in [3.8, 4) is 0 Å². The molecule has 0 aromatic rings. The van der Waals surface area contributed by atoms with Crippen LogP contribution in [0.25, 0.3) is 0 Å². The van der Waals surface area contributed by atoms with E-state index in [9.17, 15) is 0 Å². The van der Waals surface area contributed by atoms with Crippen LogP contribution < -0.4 is 0 Å². The summed E-state index contributed by atoms with van der Waals surface area (Å²) >= 11 is 0. The molecule has 1 heteroatoms. The zero-order chi connectivity index (χ0) is 8.85. The summed E-state index contributed by atoms with van der Waals surface area (Å²) in [7, 11) is 2.07. The predicted octanol–water partition coefficient (Wildman–Crippen LogP) is 2.81. The number of nitrogens with zero attached hydrogens (tertiary/aromatic N) is 1. The molecule has 64 valence electrons. The summed E-state index contributed by atoms with van der Waals surface area (Å²) in [5, 5.41) is 0. The van der Waals surface area contributed by atoms with Crippen LogP contribution in [0.15, 0.2) is 23.9 Å². The Bertz CT molecular complexity index is 152. The topological polar surface area (TPSA) is 3.24 Å². The molecule has 0 radical (unpaired) electrons. The summed E-state index contributed by atoms with van der Waals surface area (Å²) < 4.78 is 0. The lowest BCUT2D eigenvalue weighted by atomic mass is 10.2. The maximum atomic E-state index is 3.86. The van der Waals surface area contributed by atoms with E-state index in [0.717, 1.165) is 18.7 Å². The van der Waals surface area contributed by atoms with Crippen LogP contribution in [-0.2, 0) is 0 Å². The summed E-state index contributed by atoms with van der Waals surface area (Å²) in [5.74, 6) is 0. The van der Waals surface area contributed by atoms with Crippen molar-refractivity contribution in [2.45, 2.75) is 27.2 Å². The van der Waals surface area contributed by atoms with Gasteiger partial charge < -0.3 is 4.90 Å². The number of rotatable bonds is 4. The fourth-order valence-electron chi connectivity index (χ4n) is 0.738. The van der Waals surface area contributed by atoms with Gasteiger partial charge in [-0.3, -0.25) is 0 Å². The zero-order valence-corrected chi connectivity index (χ0v) is 8.15. The highest BCUT2D eigenvalue weighted by Gasteiger charge is 1.92. The molecule has 0 saturated carbocycles. The molecule has 0 unspecified atom stereocenters. The van der Waals surface area contributed by atoms with Crippen LogP contribution >= 0.6 is 0 Å². The van der Waals surface area contributed by atoms with E-state index in [1.165, 1.54) is 5.57 Å². The fourth-order valence-corrected chi connectivity index (χ4v) is 0.738. The van der Waals surface area contributed by atoms with Crippen molar-refractivity contribution < 1.29 is 0 Å². The summed E-state index contributed by atoms with van der Waals surface area (Å²) in [5.41, 5.74) is 2.52. The van der Waals surface area contributed by atoms with Crippen molar-refractivity contribution in [3.63, 3.8) is 0 Å². The molecule has 0 aliphatic carbocycles. The van der Waals surface area contributed by atoms with Crippen LogP contribution in [0.1, 0.15) is 27.2 Å². The molecule has 0 aromatic heterocycles. The van der Waals surface area contributed by atoms with Gasteiger partial charge in [0.2, 0.25) is 0 Å². The normalized spacial score (nSPS) is 9.09. The lowest BCUT2D eigenvalue weighted by Crippen LogP contribution is -2.15. The Kier molecular flexibility index (Phi) is 4.67. The molecule has 0 N–H and O–H groups in total. The summed E-state index contributed by atoms with van der Waals surface area (Å²) in [6.45, 7) is 11.2. The minimum Gasteiger partial charge on any atom is -0.378 e. The minimum absolute atomic E-state index is 1.07. The van der Waals surface area contributed by atoms with Gasteiger partial charge in [-0.05, 0) is 27.2 Å². The maximum Gasteiger partial charge on any atom is 0.0206 e. The zero-order valence-electron chi connectivity index (χ0n) is 8.15. The van der Waals surface area contributed by atoms with Crippen molar-refractivity contribution in [3.05, 3.63) is 23.9 Å². The minimum atomic E-state index is 1.07. The highest BCUT2D eigenvalue weighted by atomic mass is 15.1. The monoisotopic (exact) mass is 153 g/mol. The van der Waals surface area contributed by atoms with Gasteiger partial charge in [0.05, 0.1) is 0 Å². The van der Waals surface area contributed by atoms with E-state index in [1.54, 1.807) is 0 Å². The molecule has 0 bridgehead atoms. The lowest BCUT2D eigenvalue weighted by molar-refractivity contribution is 0.428. The van der Waals surface area contributed by atoms with E-state index in [4.69, 9.17) is 0 Å². The van der Waals surface area contributed by atoms with Gasteiger partial charge in [-0.25, -0.2) is 0 Å². The molecule has 0 aliphatic heterocycles. The Morgan fingerprint density at radius 3 is 2.27 bits per heavy atom. The maximum absolute atomic E-state index is 3.86. The Morgan fingerprint density at radius 1 is 1.36 bits per heavy atom. The number of allylic oxidation sites excluding steroid dienone is 2. The first-order valence-corrected chi connectivity index (χ1v) is 4.04. The average Bonchev–Trinajstić information content (AvgIpc) is 1.86. The highest BCUT2D eigenvalue weighted by molar-refractivity contribution is 4.94. The van der Waals surface area contributed by atoms with Crippen molar-refractivity contribution in [2.24, 2.45) is 0 Å². The molecular weight excluding hydrogens is 134 g/mol. The Morgan fingerprint density at radius 2 is 1.91 bits per heavy atom. The average molecular weight is 153 g/mol. The number of hydrogen-bond acceptors (Lipinski definition) is 1. The first-order valence-electron chi connectivity index (χ1n) is 4.04. The molecule has 0 saturated heterocycles. The Balaban J connectivity index is 3.55. The van der Waals surface area contributed by atoms with Gasteiger partial charge in [0, 0.05) is 19.3 Å². The second kappa shape index (κ2) is 5.00. The Labute approximate surface area is 70.4 Å². The van der Waals surface area contributed by atoms with Gasteiger partial charge in [0.15, 0.2) is 0 Å². The molecule has 0 fully saturated rings. The van der Waals surface area contributed by atoms with E-state index in [0.29, 0.717) is 0 Å². The smallest absolute Gasteiger partial charge is 0.0206 e. The summed E-state index contributed by atoms with van der Waals surface area (Å²) in [6.07, 6.45) is 3.37. The van der Waals surface area contributed by atoms with Crippen LogP contribution in [0.2, 0.25) is 0 Å². The van der Waals surface area contributed by atoms with Crippen molar-refractivity contribution in [1.82, 2.24) is 4.90 Å². The van der Waals surface area contributed by atoms with Gasteiger partial charge >= 0.3 is 0 Å². The van der Waals surface area contributed by atoms with E-state index >= 15 is 0 Å². The number of hydrogen-bond donors (Lipinski definition) is 0. The SMILES string of the molecule is C=C(C)N(C)CCC=C(C)C. The molecule has 0 rings (SSSR count). The van der Waals surface area contributed by atoms with Crippen molar-refractivity contribution in [1.29, 1.82) is 0 Å². The van der Waals surface area contributed by atoms with Gasteiger partial charge in [-0.2, -0.15) is 0 Å². The van der Waals surface area contributed by atoms with Crippen molar-refractivity contribution in [2.75, 3.05) is 13.6 Å². The van der Waals surface area contributed by atoms with Crippen LogP contribution in [0, 0.1) is 0 Å². The molecule has 1 nitrogen and oxygen atoms in total. The molecule has 0 amide bonds. The predicted molar refractivity (Wildman–Crippen MR) is 51.5 cm³/mol. The van der Waals surface area contributed by atoms with Gasteiger partial charge in [-0.1, -0.05) is 18.2 Å². The van der Waals surface area contributed by atoms with Crippen LogP contribution in [-0.4, -0.2) is 18.5 Å². The van der Waals surface area contributed by atoms with Crippen LogP contribution in [0.5, 0.6) is 0 Å². The molecule has 0 aromatic carbocycles. The molecular formula is C10H19N. The lowest BCUT2D eigenvalue weighted by Gasteiger charge is -2.17. The van der Waals surface area contributed by atoms with E-state index in [2.05, 4.69) is 38.5 Å². The third kappa shape index (κ3) is 5.71. The standard InChI is InChI=1S/C10H19N/c1-9(2)7-6-8-11(5)10(3)4/h7H,3,6,8H2,1-2,4-5H3. The van der Waals surface area contributed by atoms with Crippen LogP contribution in [0.4, 0.5) is 0 Å². The second-order valence-electron chi connectivity index (χ2n) is 3.23. The molecule has 0 heterocycles. The third-order valence-electron chi connectivity index (χ3n) is 1.67. The molecule has 0 aliphatic rings.